The molecule has 0 nitrogen and oxygen atoms in total. The molecule has 0 spiro atoms. The van der Waals surface area contributed by atoms with Crippen molar-refractivity contribution in [3.8, 4) is 0 Å². The van der Waals surface area contributed by atoms with Crippen LogP contribution in [0.4, 0.5) is 132 Å². The summed E-state index contributed by atoms with van der Waals surface area (Å²) in [4.78, 5) is 0. The molecule has 0 aromatic carbocycles. The molecular weight excluding hydrogens is 1750 g/mol. The van der Waals surface area contributed by atoms with E-state index in [0.29, 0.717) is 0 Å². The molecule has 0 radical (unpaired) electrons. The molecule has 1 fully saturated rings. The number of alkyl halides is 30. The predicted octanol–water partition coefficient (Wildman–Crippen LogP) is 11.6. The van der Waals surface area contributed by atoms with Gasteiger partial charge in [-0.15, -0.1) is 0 Å². The van der Waals surface area contributed by atoms with Gasteiger partial charge in [0.1, 0.15) is 0 Å². The molecule has 50 heavy (non-hydrogen) atoms. The van der Waals surface area contributed by atoms with Crippen molar-refractivity contribution in [2.75, 3.05) is 0 Å². The van der Waals surface area contributed by atoms with Gasteiger partial charge in [0, 0.05) is 0 Å². The van der Waals surface area contributed by atoms with Crippen LogP contribution in [0.3, 0.4) is 0 Å². The van der Waals surface area contributed by atoms with Crippen LogP contribution in [-0.2, 0) is 123 Å². The van der Waals surface area contributed by atoms with Crippen LogP contribution in [0.25, 0.3) is 0 Å². The first-order valence-electron chi connectivity index (χ1n) is 11.7. The molecule has 280 valence electrons. The molecule has 1 saturated heterocycles. The van der Waals surface area contributed by atoms with Crippen LogP contribution in [0, 0.1) is 0 Å². The maximum atomic E-state index is 14.3. The van der Waals surface area contributed by atoms with Crippen molar-refractivity contribution >= 4 is 0 Å². The van der Waals surface area contributed by atoms with Gasteiger partial charge in [-0.05, 0) is 0 Å². The Morgan fingerprint density at radius 1 is 0.160 bits per heavy atom. The van der Waals surface area contributed by atoms with E-state index in [0.717, 1.165) is 0 Å². The Morgan fingerprint density at radius 2 is 0.220 bits per heavy atom. The molecule has 0 unspecified atom stereocenters. The monoisotopic (exact) mass is 1760 g/mol. The topological polar surface area (TPSA) is 0 Å². The molecule has 0 aromatic heterocycles. The van der Waals surface area contributed by atoms with Crippen LogP contribution in [0.2, 0.25) is 2.16 Å². The Labute approximate surface area is 315 Å². The van der Waals surface area contributed by atoms with Gasteiger partial charge in [-0.1, -0.05) is 0 Å². The van der Waals surface area contributed by atoms with E-state index in [2.05, 4.69) is 0 Å². The molecule has 1 aliphatic heterocycles. The van der Waals surface area contributed by atoms with E-state index in [1.54, 1.807) is 0 Å². The molecule has 0 bridgehead atoms. The van der Waals surface area contributed by atoms with Crippen LogP contribution < -0.4 is 0 Å². The predicted molar refractivity (Wildman–Crippen MR) is 74.0 cm³/mol. The molecule has 0 aliphatic carbocycles. The zero-order valence-electron chi connectivity index (χ0n) is 22.4. The standard InChI is InChI=1S/5C3F6.5Hg/c5*4-2(5,6)1-3(7,8)9;;;;;. The van der Waals surface area contributed by atoms with E-state index in [4.69, 9.17) is 0 Å². The zero-order valence-corrected chi connectivity index (χ0v) is 49.9. The Balaban J connectivity index is 5.40. The summed E-state index contributed by atoms with van der Waals surface area (Å²) in [5, 5.41) is 0. The summed E-state index contributed by atoms with van der Waals surface area (Å²) in [6.45, 7) is 0. The summed E-state index contributed by atoms with van der Waals surface area (Å²) in [5.74, 6) is 0. The second-order valence-corrected chi connectivity index (χ2v) is 141. The van der Waals surface area contributed by atoms with Gasteiger partial charge in [0.05, 0.1) is 0 Å². The van der Waals surface area contributed by atoms with E-state index in [9.17, 15) is 132 Å². The Bertz CT molecular complexity index is 897. The van der Waals surface area contributed by atoms with E-state index in [1.807, 2.05) is 0 Å². The molecule has 1 heterocycles. The van der Waals surface area contributed by atoms with Crippen LogP contribution >= 0.6 is 0 Å². The molecule has 1 rings (SSSR count). The zero-order chi connectivity index (χ0) is 41.0. The Kier molecular flexibility index (Phi) is 14.0. The van der Waals surface area contributed by atoms with Crippen molar-refractivity contribution in [3.63, 3.8) is 0 Å². The van der Waals surface area contributed by atoms with Crippen LogP contribution in [0.15, 0.2) is 0 Å². The molecule has 0 saturated carbocycles. The van der Waals surface area contributed by atoms with E-state index in [-0.39, 0.29) is 0 Å². The third-order valence-electron chi connectivity index (χ3n) is 8.44. The van der Waals surface area contributed by atoms with Gasteiger partial charge in [0.2, 0.25) is 0 Å². The van der Waals surface area contributed by atoms with Crippen molar-refractivity contribution < 1.29 is 255 Å². The summed E-state index contributed by atoms with van der Waals surface area (Å²) < 4.78 is 390. The molecule has 0 amide bonds. The summed E-state index contributed by atoms with van der Waals surface area (Å²) in [6.07, 6.45) is -83.9. The SMILES string of the molecule is FC(F)(F)[C]1(C(F)(F)F)[Hg][C](C(F)(F)F)(C(F)(F)F)[Hg][C](C(F)(F)F)(C(F)(F)F)[Hg][C](C(F)(F)F)(C(F)(F)F)[Hg][C](C(F)(F)F)(C(F)(F)F)[Hg]1. The van der Waals surface area contributed by atoms with E-state index < -0.39 is 187 Å². The van der Waals surface area contributed by atoms with Crippen molar-refractivity contribution in [3.05, 3.63) is 0 Å². The molecule has 35 heteroatoms. The summed E-state index contributed by atoms with van der Waals surface area (Å²) in [5.41, 5.74) is 0. The number of hydrogen-bond acceptors (Lipinski definition) is 0. The van der Waals surface area contributed by atoms with Crippen molar-refractivity contribution in [2.24, 2.45) is 0 Å². The van der Waals surface area contributed by atoms with Crippen LogP contribution in [-0.4, -0.2) is 61.8 Å². The minimum atomic E-state index is -8.92. The van der Waals surface area contributed by atoms with Gasteiger partial charge in [0.15, 0.2) is 0 Å². The van der Waals surface area contributed by atoms with E-state index in [1.165, 1.54) is 0 Å². The first-order chi connectivity index (χ1) is 21.0. The van der Waals surface area contributed by atoms with Crippen molar-refractivity contribution in [1.29, 1.82) is 0 Å². The van der Waals surface area contributed by atoms with Crippen molar-refractivity contribution in [2.45, 2.75) is 63.9 Å². The Hall–Kier alpha value is 2.58. The van der Waals surface area contributed by atoms with Gasteiger partial charge in [-0.3, -0.25) is 0 Å². The van der Waals surface area contributed by atoms with Gasteiger partial charge in [-0.25, -0.2) is 0 Å². The average molecular weight is 1750 g/mol. The van der Waals surface area contributed by atoms with Gasteiger partial charge in [-0.2, -0.15) is 0 Å². The normalized spacial score (nSPS) is 21.8. The quantitative estimate of drug-likeness (QED) is 0.168. The number of halogens is 30. The molecule has 1 aliphatic rings. The van der Waals surface area contributed by atoms with E-state index >= 15 is 0 Å². The van der Waals surface area contributed by atoms with Gasteiger partial charge >= 0.3 is 319 Å². The number of rotatable bonds is 0. The van der Waals surface area contributed by atoms with Crippen LogP contribution in [0.5, 0.6) is 0 Å². The fourth-order valence-electron chi connectivity index (χ4n) is 5.70. The van der Waals surface area contributed by atoms with Gasteiger partial charge < -0.3 is 0 Å². The average Bonchev–Trinajstić information content (AvgIpc) is 2.72. The summed E-state index contributed by atoms with van der Waals surface area (Å²) in [6, 6.07) is 0. The van der Waals surface area contributed by atoms with Crippen molar-refractivity contribution in [1.82, 2.24) is 0 Å². The fourth-order valence-corrected chi connectivity index (χ4v) is 445. The summed E-state index contributed by atoms with van der Waals surface area (Å²) in [7, 11) is 0. The van der Waals surface area contributed by atoms with Crippen LogP contribution in [0.1, 0.15) is 0 Å². The first kappa shape index (κ1) is 50.6. The third kappa shape index (κ3) is 8.27. The fraction of sp³-hybridized carbons (Fsp3) is 1.00. The molecular formula is C15F30Hg5. The molecule has 0 N–H and O–H groups in total. The molecule has 0 atom stereocenters. The van der Waals surface area contributed by atoms with Gasteiger partial charge in [0.25, 0.3) is 0 Å². The third-order valence-corrected chi connectivity index (χ3v) is 148. The molecule has 0 aromatic rings. The minimum absolute atomic E-state index is 7.73. The first-order valence-corrected chi connectivity index (χ1v) is 39.2. The number of hydrogen-bond donors (Lipinski definition) is 0. The second-order valence-electron chi connectivity index (χ2n) is 11.3. The summed E-state index contributed by atoms with van der Waals surface area (Å²) >= 11 is -44.6. The maximum absolute atomic E-state index is 14.3. The Morgan fingerprint density at radius 3 is 0.260 bits per heavy atom. The second kappa shape index (κ2) is 13.9.